The van der Waals surface area contributed by atoms with Crippen LogP contribution in [0.15, 0.2) is 66.7 Å². The van der Waals surface area contributed by atoms with E-state index in [1.54, 1.807) is 0 Å². The van der Waals surface area contributed by atoms with E-state index in [4.69, 9.17) is 9.84 Å². The van der Waals surface area contributed by atoms with Crippen molar-refractivity contribution in [3.63, 3.8) is 0 Å². The van der Waals surface area contributed by atoms with E-state index in [1.807, 2.05) is 0 Å². The predicted molar refractivity (Wildman–Crippen MR) is 104 cm³/mol. The lowest BCUT2D eigenvalue weighted by Gasteiger charge is -2.13. The SMILES string of the molecule is O=C(O)Cc1cc(OCc2ccc(C(F)(F)F)cc2)cc(-c2ccc(C(F)(F)F)cc2)c1. The molecule has 0 heterocycles. The molecule has 32 heavy (non-hydrogen) atoms. The van der Waals surface area contributed by atoms with Crippen LogP contribution >= 0.6 is 0 Å². The minimum absolute atomic E-state index is 0.0822. The highest BCUT2D eigenvalue weighted by Gasteiger charge is 2.30. The Morgan fingerprint density at radius 1 is 0.719 bits per heavy atom. The van der Waals surface area contributed by atoms with Gasteiger partial charge in [0.15, 0.2) is 0 Å². The van der Waals surface area contributed by atoms with Crippen molar-refractivity contribution in [1.82, 2.24) is 0 Å². The lowest BCUT2D eigenvalue weighted by Crippen LogP contribution is -2.05. The summed E-state index contributed by atoms with van der Waals surface area (Å²) in [6.45, 7) is -0.0822. The van der Waals surface area contributed by atoms with Gasteiger partial charge in [-0.05, 0) is 58.7 Å². The molecule has 168 valence electrons. The number of carboxylic acids is 1. The molecule has 0 saturated carbocycles. The molecule has 0 atom stereocenters. The van der Waals surface area contributed by atoms with Crippen molar-refractivity contribution in [1.29, 1.82) is 0 Å². The molecule has 0 saturated heterocycles. The second-order valence-electron chi connectivity index (χ2n) is 6.99. The van der Waals surface area contributed by atoms with Crippen molar-refractivity contribution in [3.8, 4) is 16.9 Å². The van der Waals surface area contributed by atoms with Gasteiger partial charge in [0.25, 0.3) is 0 Å². The van der Waals surface area contributed by atoms with Crippen LogP contribution < -0.4 is 4.74 Å². The largest absolute Gasteiger partial charge is 0.489 e. The molecule has 0 bridgehead atoms. The van der Waals surface area contributed by atoms with Crippen molar-refractivity contribution in [2.75, 3.05) is 0 Å². The number of ether oxygens (including phenoxy) is 1. The van der Waals surface area contributed by atoms with Crippen molar-refractivity contribution in [3.05, 3.63) is 89.0 Å². The third-order valence-corrected chi connectivity index (χ3v) is 4.55. The lowest BCUT2D eigenvalue weighted by atomic mass is 10.00. The van der Waals surface area contributed by atoms with Gasteiger partial charge < -0.3 is 9.84 Å². The zero-order valence-corrected chi connectivity index (χ0v) is 16.3. The quantitative estimate of drug-likeness (QED) is 0.427. The first-order valence-corrected chi connectivity index (χ1v) is 9.24. The van der Waals surface area contributed by atoms with Gasteiger partial charge in [0, 0.05) is 0 Å². The maximum atomic E-state index is 12.8. The van der Waals surface area contributed by atoms with E-state index in [0.29, 0.717) is 22.3 Å². The first-order chi connectivity index (χ1) is 14.9. The monoisotopic (exact) mass is 454 g/mol. The molecule has 1 N–H and O–H groups in total. The van der Waals surface area contributed by atoms with Crippen LogP contribution in [-0.4, -0.2) is 11.1 Å². The van der Waals surface area contributed by atoms with Crippen LogP contribution in [0.4, 0.5) is 26.3 Å². The van der Waals surface area contributed by atoms with Crippen LogP contribution in [0.3, 0.4) is 0 Å². The Morgan fingerprint density at radius 3 is 1.75 bits per heavy atom. The summed E-state index contributed by atoms with van der Waals surface area (Å²) in [5.41, 5.74) is 0.0653. The zero-order valence-electron chi connectivity index (χ0n) is 16.3. The van der Waals surface area contributed by atoms with Gasteiger partial charge in [-0.2, -0.15) is 26.3 Å². The van der Waals surface area contributed by atoms with E-state index in [9.17, 15) is 31.1 Å². The fourth-order valence-corrected chi connectivity index (χ4v) is 3.00. The minimum atomic E-state index is -4.49. The van der Waals surface area contributed by atoms with E-state index in [0.717, 1.165) is 24.3 Å². The number of alkyl halides is 6. The van der Waals surface area contributed by atoms with E-state index >= 15 is 0 Å². The molecule has 3 aromatic rings. The number of aliphatic carboxylic acids is 1. The first kappa shape index (κ1) is 23.2. The Hall–Kier alpha value is -3.49. The lowest BCUT2D eigenvalue weighted by molar-refractivity contribution is -0.138. The van der Waals surface area contributed by atoms with E-state index in [2.05, 4.69) is 0 Å². The molecular weight excluding hydrogens is 438 g/mol. The molecule has 0 amide bonds. The number of benzene rings is 3. The average Bonchev–Trinajstić information content (AvgIpc) is 2.71. The highest BCUT2D eigenvalue weighted by molar-refractivity contribution is 5.73. The number of hydrogen-bond acceptors (Lipinski definition) is 2. The van der Waals surface area contributed by atoms with Gasteiger partial charge >= 0.3 is 18.3 Å². The fourth-order valence-electron chi connectivity index (χ4n) is 3.00. The van der Waals surface area contributed by atoms with E-state index in [1.165, 1.54) is 42.5 Å². The summed E-state index contributed by atoms with van der Waals surface area (Å²) in [6, 6.07) is 13.3. The third kappa shape index (κ3) is 6.03. The third-order valence-electron chi connectivity index (χ3n) is 4.55. The van der Waals surface area contributed by atoms with Crippen molar-refractivity contribution in [2.45, 2.75) is 25.4 Å². The van der Waals surface area contributed by atoms with Crippen LogP contribution in [-0.2, 0) is 30.2 Å². The molecule has 0 aliphatic heterocycles. The van der Waals surface area contributed by atoms with Crippen LogP contribution in [0, 0.1) is 0 Å². The van der Waals surface area contributed by atoms with Gasteiger partial charge in [-0.3, -0.25) is 4.79 Å². The van der Waals surface area contributed by atoms with Crippen LogP contribution in [0.5, 0.6) is 5.75 Å². The number of hydrogen-bond donors (Lipinski definition) is 1. The Morgan fingerprint density at radius 2 is 1.25 bits per heavy atom. The summed E-state index contributed by atoms with van der Waals surface area (Å²) in [5.74, 6) is -0.873. The smallest absolute Gasteiger partial charge is 0.416 e. The standard InChI is InChI=1S/C23H16F6O3/c24-22(25,26)18-5-1-14(2-6-18)13-32-20-10-15(11-21(30)31)9-17(12-20)16-3-7-19(8-4-16)23(27,28)29/h1-10,12H,11,13H2,(H,30,31). The molecule has 0 unspecified atom stereocenters. The van der Waals surface area contributed by atoms with Crippen molar-refractivity contribution in [2.24, 2.45) is 0 Å². The molecule has 3 rings (SSSR count). The van der Waals surface area contributed by atoms with Gasteiger partial charge in [0.2, 0.25) is 0 Å². The Kier molecular flexibility index (Phi) is 6.47. The van der Waals surface area contributed by atoms with Gasteiger partial charge in [-0.25, -0.2) is 0 Å². The van der Waals surface area contributed by atoms with Crippen LogP contribution in [0.25, 0.3) is 11.1 Å². The van der Waals surface area contributed by atoms with Gasteiger partial charge in [-0.15, -0.1) is 0 Å². The second-order valence-corrected chi connectivity index (χ2v) is 6.99. The molecule has 3 aromatic carbocycles. The van der Waals surface area contributed by atoms with Gasteiger partial charge in [0.1, 0.15) is 12.4 Å². The van der Waals surface area contributed by atoms with Gasteiger partial charge in [0.05, 0.1) is 17.5 Å². The molecule has 3 nitrogen and oxygen atoms in total. The van der Waals surface area contributed by atoms with Crippen molar-refractivity contribution < 1.29 is 41.0 Å². The summed E-state index contributed by atoms with van der Waals surface area (Å²) in [6.07, 6.45) is -9.29. The average molecular weight is 454 g/mol. The van der Waals surface area contributed by atoms with Crippen LogP contribution in [0.1, 0.15) is 22.3 Å². The van der Waals surface area contributed by atoms with E-state index < -0.39 is 29.4 Å². The number of carboxylic acid groups (broad SMARTS) is 1. The summed E-state index contributed by atoms with van der Waals surface area (Å²) in [7, 11) is 0. The first-order valence-electron chi connectivity index (χ1n) is 9.24. The zero-order chi connectivity index (χ0) is 23.5. The molecule has 0 radical (unpaired) electrons. The number of rotatable bonds is 6. The highest BCUT2D eigenvalue weighted by Crippen LogP contribution is 2.33. The molecule has 0 fully saturated rings. The molecule has 0 aliphatic carbocycles. The number of halogens is 6. The Bertz CT molecular complexity index is 1080. The maximum absolute atomic E-state index is 12.8. The Labute approximate surface area is 178 Å². The maximum Gasteiger partial charge on any atom is 0.416 e. The molecule has 0 spiro atoms. The minimum Gasteiger partial charge on any atom is -0.489 e. The predicted octanol–water partition coefficient (Wildman–Crippen LogP) is 6.60. The normalized spacial score (nSPS) is 11.9. The van der Waals surface area contributed by atoms with Crippen LogP contribution in [0.2, 0.25) is 0 Å². The summed E-state index contributed by atoms with van der Waals surface area (Å²) in [5, 5.41) is 9.09. The number of carbonyl (C=O) groups is 1. The van der Waals surface area contributed by atoms with Gasteiger partial charge in [-0.1, -0.05) is 30.3 Å². The highest BCUT2D eigenvalue weighted by atomic mass is 19.4. The Balaban J connectivity index is 1.85. The summed E-state index contributed by atoms with van der Waals surface area (Å²) < 4.78 is 82.0. The summed E-state index contributed by atoms with van der Waals surface area (Å²) >= 11 is 0. The molecule has 0 aliphatic rings. The van der Waals surface area contributed by atoms with Crippen molar-refractivity contribution >= 4 is 5.97 Å². The topological polar surface area (TPSA) is 46.5 Å². The molecule has 0 aromatic heterocycles. The second kappa shape index (κ2) is 8.94. The molecular formula is C23H16F6O3. The molecule has 9 heteroatoms. The summed E-state index contributed by atoms with van der Waals surface area (Å²) in [4.78, 5) is 11.1. The fraction of sp³-hybridized carbons (Fsp3) is 0.174. The van der Waals surface area contributed by atoms with E-state index in [-0.39, 0.29) is 18.8 Å².